The zero-order chi connectivity index (χ0) is 30.6. The van der Waals surface area contributed by atoms with Gasteiger partial charge in [0.15, 0.2) is 0 Å². The number of hydrogen-bond acceptors (Lipinski definition) is 6. The van der Waals surface area contributed by atoms with Crippen molar-refractivity contribution in [3.8, 4) is 5.75 Å². The number of nitrogens with one attached hydrogen (secondary N) is 2. The highest BCUT2D eigenvalue weighted by Gasteiger charge is 2.38. The van der Waals surface area contributed by atoms with Gasteiger partial charge in [0.25, 0.3) is 5.91 Å². The van der Waals surface area contributed by atoms with Gasteiger partial charge in [0.2, 0.25) is 0 Å². The second kappa shape index (κ2) is 14.8. The Kier molecular flexibility index (Phi) is 13.0. The molecule has 0 unspecified atom stereocenters. The molecule has 39 heavy (non-hydrogen) atoms. The van der Waals surface area contributed by atoms with Crippen LogP contribution in [0, 0.1) is 10.8 Å². The largest absolute Gasteiger partial charge is 0.492 e. The Morgan fingerprint density at radius 2 is 1.23 bits per heavy atom. The van der Waals surface area contributed by atoms with Gasteiger partial charge in [-0.25, -0.2) is 9.59 Å². The van der Waals surface area contributed by atoms with Crippen molar-refractivity contribution in [3.05, 3.63) is 65.2 Å². The molecule has 0 aliphatic rings. The van der Waals surface area contributed by atoms with Crippen molar-refractivity contribution in [2.24, 2.45) is 11.5 Å². The van der Waals surface area contributed by atoms with E-state index in [0.29, 0.717) is 35.6 Å². The van der Waals surface area contributed by atoms with Crippen molar-refractivity contribution in [2.45, 2.75) is 12.4 Å². The summed E-state index contributed by atoms with van der Waals surface area (Å²) in [5, 5.41) is 29.0. The van der Waals surface area contributed by atoms with Crippen molar-refractivity contribution in [1.29, 1.82) is 10.8 Å². The molecule has 1 amide bonds. The van der Waals surface area contributed by atoms with Gasteiger partial charge in [-0.05, 0) is 24.3 Å². The minimum absolute atomic E-state index is 0.0215. The number of hydrogen-bond donors (Lipinski definition) is 6. The standard InChI is InChI=1S/C18H21N5O2.2C2HF3O2/c1-23(18(24)13-7-5-12(6-8-13)16(19)20)9-10-25-15-4-2-3-14(11-15)17(21)22;2*3-2(4,5)1(6)7/h2-8,11H,9-10H2,1H3,(H3,19,20)(H3,21,22);2*(H,6,7). The number of halogens is 6. The number of benzene rings is 2. The Bertz CT molecular complexity index is 1150. The van der Waals surface area contributed by atoms with Crippen molar-refractivity contribution < 1.29 is 55.7 Å². The molecule has 0 radical (unpaired) electrons. The van der Waals surface area contributed by atoms with Crippen LogP contribution in [0.3, 0.4) is 0 Å². The third-order valence-electron chi connectivity index (χ3n) is 4.12. The fourth-order valence-electron chi connectivity index (χ4n) is 2.17. The van der Waals surface area contributed by atoms with Crippen LogP contribution in [-0.2, 0) is 9.59 Å². The molecule has 0 aromatic heterocycles. The molecule has 0 fully saturated rings. The molecule has 0 saturated heterocycles. The lowest BCUT2D eigenvalue weighted by molar-refractivity contribution is -0.193. The zero-order valence-electron chi connectivity index (χ0n) is 19.9. The van der Waals surface area contributed by atoms with Gasteiger partial charge >= 0.3 is 24.3 Å². The number of nitrogens with two attached hydrogens (primary N) is 2. The van der Waals surface area contributed by atoms with E-state index in [4.69, 9.17) is 46.8 Å². The van der Waals surface area contributed by atoms with E-state index in [2.05, 4.69) is 0 Å². The van der Waals surface area contributed by atoms with E-state index >= 15 is 0 Å². The van der Waals surface area contributed by atoms with Crippen molar-refractivity contribution in [1.82, 2.24) is 4.90 Å². The third kappa shape index (κ3) is 13.3. The van der Waals surface area contributed by atoms with Crippen LogP contribution in [0.2, 0.25) is 0 Å². The van der Waals surface area contributed by atoms with Gasteiger partial charge in [0.05, 0.1) is 6.54 Å². The van der Waals surface area contributed by atoms with E-state index < -0.39 is 24.3 Å². The van der Waals surface area contributed by atoms with Crippen molar-refractivity contribution >= 4 is 29.5 Å². The molecule has 0 saturated carbocycles. The Morgan fingerprint density at radius 3 is 1.62 bits per heavy atom. The monoisotopic (exact) mass is 567 g/mol. The molecule has 0 heterocycles. The Hall–Kier alpha value is -4.83. The number of nitrogen functional groups attached to an aromatic ring is 2. The van der Waals surface area contributed by atoms with Gasteiger partial charge in [0.1, 0.15) is 24.0 Å². The summed E-state index contributed by atoms with van der Waals surface area (Å²) < 4.78 is 69.1. The van der Waals surface area contributed by atoms with Crippen LogP contribution in [0.25, 0.3) is 0 Å². The van der Waals surface area contributed by atoms with Crippen molar-refractivity contribution in [3.63, 3.8) is 0 Å². The summed E-state index contributed by atoms with van der Waals surface area (Å²) in [4.78, 5) is 31.7. The SMILES string of the molecule is CN(CCOc1cccc(C(=N)N)c1)C(=O)c1ccc(C(=N)N)cc1.O=C(O)C(F)(F)F.O=C(O)C(F)(F)F. The van der Waals surface area contributed by atoms with Crippen LogP contribution in [0.15, 0.2) is 48.5 Å². The second-order valence-electron chi connectivity index (χ2n) is 7.11. The van der Waals surface area contributed by atoms with Crippen LogP contribution in [0.4, 0.5) is 26.3 Å². The highest BCUT2D eigenvalue weighted by molar-refractivity contribution is 5.98. The number of carbonyl (C=O) groups excluding carboxylic acids is 1. The number of nitrogens with zero attached hydrogens (tertiary/aromatic N) is 1. The number of rotatable bonds is 7. The second-order valence-corrected chi connectivity index (χ2v) is 7.11. The van der Waals surface area contributed by atoms with Crippen LogP contribution >= 0.6 is 0 Å². The molecular weight excluding hydrogens is 544 g/mol. The first-order valence-electron chi connectivity index (χ1n) is 10.1. The van der Waals surface area contributed by atoms with E-state index in [0.717, 1.165) is 0 Å². The lowest BCUT2D eigenvalue weighted by Crippen LogP contribution is -2.31. The highest BCUT2D eigenvalue weighted by Crippen LogP contribution is 2.14. The van der Waals surface area contributed by atoms with Crippen molar-refractivity contribution in [2.75, 3.05) is 20.2 Å². The molecule has 8 N–H and O–H groups in total. The summed E-state index contributed by atoms with van der Waals surface area (Å²) in [5.74, 6) is -5.11. The molecule has 11 nitrogen and oxygen atoms in total. The first kappa shape index (κ1) is 34.2. The maximum Gasteiger partial charge on any atom is 0.490 e. The van der Waals surface area contributed by atoms with Gasteiger partial charge in [-0.3, -0.25) is 15.6 Å². The molecule has 0 aliphatic carbocycles. The van der Waals surface area contributed by atoms with Gasteiger partial charge in [0, 0.05) is 23.7 Å². The van der Waals surface area contributed by atoms with Gasteiger partial charge in [-0.1, -0.05) is 24.3 Å². The summed E-state index contributed by atoms with van der Waals surface area (Å²) in [6.45, 7) is 0.715. The molecule has 214 valence electrons. The zero-order valence-corrected chi connectivity index (χ0v) is 19.9. The minimum Gasteiger partial charge on any atom is -0.492 e. The summed E-state index contributed by atoms with van der Waals surface area (Å²) in [6.07, 6.45) is -10.2. The van der Waals surface area contributed by atoms with Gasteiger partial charge in [-0.15, -0.1) is 0 Å². The summed E-state index contributed by atoms with van der Waals surface area (Å²) in [6, 6.07) is 13.5. The molecule has 0 atom stereocenters. The lowest BCUT2D eigenvalue weighted by atomic mass is 10.1. The molecule has 17 heteroatoms. The normalized spacial score (nSPS) is 10.5. The topological polar surface area (TPSA) is 204 Å². The van der Waals surface area contributed by atoms with Crippen LogP contribution in [-0.4, -0.2) is 77.2 Å². The van der Waals surface area contributed by atoms with E-state index in [-0.39, 0.29) is 17.6 Å². The third-order valence-corrected chi connectivity index (χ3v) is 4.12. The minimum atomic E-state index is -5.08. The quantitative estimate of drug-likeness (QED) is 0.166. The van der Waals surface area contributed by atoms with Gasteiger partial charge < -0.3 is 31.3 Å². The molecule has 0 bridgehead atoms. The number of amides is 1. The van der Waals surface area contributed by atoms with E-state index in [1.807, 2.05) is 0 Å². The molecule has 2 rings (SSSR count). The van der Waals surface area contributed by atoms with E-state index in [1.165, 1.54) is 0 Å². The average molecular weight is 567 g/mol. The maximum atomic E-state index is 12.4. The first-order chi connectivity index (χ1) is 17.8. The number of ether oxygens (including phenoxy) is 1. The van der Waals surface area contributed by atoms with E-state index in [1.54, 1.807) is 60.5 Å². The lowest BCUT2D eigenvalue weighted by Gasteiger charge is -2.18. The maximum absolute atomic E-state index is 12.4. The summed E-state index contributed by atoms with van der Waals surface area (Å²) in [5.41, 5.74) is 12.5. The fraction of sp³-hybridized carbons (Fsp3) is 0.227. The number of likely N-dealkylation sites (N-methyl/N-ethyl adjacent to an activating group) is 1. The predicted octanol–water partition coefficient (Wildman–Crippen LogP) is 2.67. The average Bonchev–Trinajstić information content (AvgIpc) is 2.83. The predicted molar refractivity (Wildman–Crippen MR) is 125 cm³/mol. The fourth-order valence-corrected chi connectivity index (χ4v) is 2.17. The van der Waals surface area contributed by atoms with Crippen LogP contribution in [0.5, 0.6) is 5.75 Å². The number of alkyl halides is 6. The number of carbonyl (C=O) groups is 3. The molecule has 2 aromatic rings. The Morgan fingerprint density at radius 1 is 0.821 bits per heavy atom. The highest BCUT2D eigenvalue weighted by atomic mass is 19.4. The Labute approximate surface area is 216 Å². The Balaban J connectivity index is 0.000000848. The molecule has 0 aliphatic heterocycles. The molecular formula is C22H23F6N5O6. The van der Waals surface area contributed by atoms with Crippen LogP contribution < -0.4 is 16.2 Å². The number of amidine groups is 2. The smallest absolute Gasteiger partial charge is 0.490 e. The first-order valence-corrected chi connectivity index (χ1v) is 10.1. The number of carboxylic acid groups (broad SMARTS) is 2. The van der Waals surface area contributed by atoms with Gasteiger partial charge in [-0.2, -0.15) is 26.3 Å². The molecule has 2 aromatic carbocycles. The van der Waals surface area contributed by atoms with Crippen LogP contribution in [0.1, 0.15) is 21.5 Å². The van der Waals surface area contributed by atoms with E-state index in [9.17, 15) is 31.1 Å². The summed E-state index contributed by atoms with van der Waals surface area (Å²) >= 11 is 0. The number of aliphatic carboxylic acids is 2. The summed E-state index contributed by atoms with van der Waals surface area (Å²) in [7, 11) is 1.69. The molecule has 0 spiro atoms. The number of carboxylic acids is 2.